The van der Waals surface area contributed by atoms with Gasteiger partial charge in [0, 0.05) is 18.0 Å². The lowest BCUT2D eigenvalue weighted by atomic mass is 10.1. The van der Waals surface area contributed by atoms with Crippen LogP contribution in [0, 0.1) is 0 Å². The molecule has 5 nitrogen and oxygen atoms in total. The van der Waals surface area contributed by atoms with E-state index in [1.54, 1.807) is 14.2 Å². The molecule has 0 spiro atoms. The van der Waals surface area contributed by atoms with Crippen molar-refractivity contribution >= 4 is 29.2 Å². The van der Waals surface area contributed by atoms with Gasteiger partial charge in [0.2, 0.25) is 0 Å². The minimum absolute atomic E-state index is 0.415. The van der Waals surface area contributed by atoms with E-state index in [1.165, 1.54) is 5.56 Å². The molecular weight excluding hydrogens is 322 g/mol. The molecule has 0 aliphatic carbocycles. The predicted octanol–water partition coefficient (Wildman–Crippen LogP) is 3.61. The Hall–Kier alpha value is -2.60. The van der Waals surface area contributed by atoms with E-state index in [0.717, 1.165) is 18.5 Å². The Morgan fingerprint density at radius 3 is 2.54 bits per heavy atom. The summed E-state index contributed by atoms with van der Waals surface area (Å²) < 4.78 is 10.5. The molecule has 0 atom stereocenters. The van der Waals surface area contributed by atoms with Gasteiger partial charge in [-0.1, -0.05) is 30.3 Å². The molecule has 0 radical (unpaired) electrons. The van der Waals surface area contributed by atoms with Crippen LogP contribution in [0.5, 0.6) is 11.5 Å². The quantitative estimate of drug-likeness (QED) is 0.457. The summed E-state index contributed by atoms with van der Waals surface area (Å²) in [6.45, 7) is 0. The highest BCUT2D eigenvalue weighted by atomic mass is 32.1. The first-order valence-corrected chi connectivity index (χ1v) is 7.98. The van der Waals surface area contributed by atoms with Gasteiger partial charge in [0.25, 0.3) is 0 Å². The monoisotopic (exact) mass is 343 g/mol. The average Bonchev–Trinajstić information content (AvgIpc) is 2.62. The second-order valence-electron chi connectivity index (χ2n) is 4.97. The fourth-order valence-corrected chi connectivity index (χ4v) is 2.29. The molecule has 2 rings (SSSR count). The van der Waals surface area contributed by atoms with Crippen molar-refractivity contribution in [2.45, 2.75) is 12.8 Å². The maximum atomic E-state index is 5.26. The summed E-state index contributed by atoms with van der Waals surface area (Å²) >= 11 is 5.21. The molecule has 2 aromatic carbocycles. The van der Waals surface area contributed by atoms with Gasteiger partial charge in [-0.3, -0.25) is 5.43 Å². The van der Waals surface area contributed by atoms with E-state index in [1.807, 2.05) is 42.6 Å². The lowest BCUT2D eigenvalue weighted by molar-refractivity contribution is 0.355. The number of nitrogens with one attached hydrogen (secondary N) is 2. The Balaban J connectivity index is 1.77. The Morgan fingerprint density at radius 1 is 1.08 bits per heavy atom. The zero-order valence-electron chi connectivity index (χ0n) is 13.8. The second kappa shape index (κ2) is 9.52. The van der Waals surface area contributed by atoms with Crippen LogP contribution in [0.15, 0.2) is 53.6 Å². The number of hydrogen-bond donors (Lipinski definition) is 2. The highest BCUT2D eigenvalue weighted by Crippen LogP contribution is 2.29. The average molecular weight is 343 g/mol. The molecule has 0 saturated carbocycles. The topological polar surface area (TPSA) is 54.9 Å². The van der Waals surface area contributed by atoms with E-state index in [9.17, 15) is 0 Å². The molecule has 6 heteroatoms. The van der Waals surface area contributed by atoms with Gasteiger partial charge in [0.1, 0.15) is 0 Å². The van der Waals surface area contributed by atoms with Crippen LogP contribution in [-0.4, -0.2) is 25.5 Å². The number of rotatable bonds is 7. The first-order chi connectivity index (χ1) is 11.7. The second-order valence-corrected chi connectivity index (χ2v) is 5.38. The summed E-state index contributed by atoms with van der Waals surface area (Å²) in [6.07, 6.45) is 3.60. The molecule has 0 aromatic heterocycles. The Kier molecular flexibility index (Phi) is 7.04. The van der Waals surface area contributed by atoms with Gasteiger partial charge in [-0.2, -0.15) is 5.10 Å². The van der Waals surface area contributed by atoms with Gasteiger partial charge in [-0.25, -0.2) is 0 Å². The lowest BCUT2D eigenvalue weighted by Gasteiger charge is -2.11. The molecule has 0 amide bonds. The smallest absolute Gasteiger partial charge is 0.191 e. The van der Waals surface area contributed by atoms with Crippen LogP contribution in [0.2, 0.25) is 0 Å². The van der Waals surface area contributed by atoms with Crippen molar-refractivity contribution in [1.29, 1.82) is 0 Å². The van der Waals surface area contributed by atoms with Gasteiger partial charge >= 0.3 is 0 Å². The minimum Gasteiger partial charge on any atom is -0.493 e. The summed E-state index contributed by atoms with van der Waals surface area (Å²) in [7, 11) is 3.19. The molecule has 0 fully saturated rings. The Labute approximate surface area is 147 Å². The molecule has 2 N–H and O–H groups in total. The van der Waals surface area contributed by atoms with Crippen molar-refractivity contribution in [2.24, 2.45) is 5.10 Å². The zero-order valence-corrected chi connectivity index (χ0v) is 14.6. The van der Waals surface area contributed by atoms with Gasteiger partial charge in [0.05, 0.1) is 14.2 Å². The van der Waals surface area contributed by atoms with Crippen LogP contribution in [0.25, 0.3) is 0 Å². The van der Waals surface area contributed by atoms with Crippen LogP contribution in [0.3, 0.4) is 0 Å². The molecule has 0 unspecified atom stereocenters. The molecule has 2 aromatic rings. The van der Waals surface area contributed by atoms with E-state index in [4.69, 9.17) is 21.7 Å². The van der Waals surface area contributed by atoms with E-state index < -0.39 is 0 Å². The van der Waals surface area contributed by atoms with Gasteiger partial charge in [-0.05, 0) is 42.8 Å². The van der Waals surface area contributed by atoms with Crippen molar-refractivity contribution in [2.75, 3.05) is 19.5 Å². The number of benzene rings is 2. The third-order valence-corrected chi connectivity index (χ3v) is 3.50. The van der Waals surface area contributed by atoms with E-state index in [0.29, 0.717) is 16.6 Å². The highest BCUT2D eigenvalue weighted by Gasteiger charge is 2.05. The van der Waals surface area contributed by atoms with Crippen molar-refractivity contribution in [3.05, 3.63) is 54.1 Å². The standard InChI is InChI=1S/C18H21N3O2S/c1-22-16-11-10-15(13-17(16)23-2)20-18(24)21-19-12-6-9-14-7-4-3-5-8-14/h3-5,7-8,10-13H,6,9H2,1-2H3,(H2,20,21,24)/b19-12-. The fraction of sp³-hybridized carbons (Fsp3) is 0.222. The first-order valence-electron chi connectivity index (χ1n) is 7.57. The van der Waals surface area contributed by atoms with Crippen LogP contribution in [0.4, 0.5) is 5.69 Å². The molecule has 0 saturated heterocycles. The number of aryl methyl sites for hydroxylation is 1. The van der Waals surface area contributed by atoms with E-state index in [-0.39, 0.29) is 0 Å². The largest absolute Gasteiger partial charge is 0.493 e. The van der Waals surface area contributed by atoms with Crippen LogP contribution in [-0.2, 0) is 6.42 Å². The predicted molar refractivity (Wildman–Crippen MR) is 102 cm³/mol. The Morgan fingerprint density at radius 2 is 1.83 bits per heavy atom. The number of nitrogens with zero attached hydrogens (tertiary/aromatic N) is 1. The van der Waals surface area contributed by atoms with E-state index in [2.05, 4.69) is 28.0 Å². The number of thiocarbonyl (C=S) groups is 1. The van der Waals surface area contributed by atoms with Crippen molar-refractivity contribution < 1.29 is 9.47 Å². The summed E-state index contributed by atoms with van der Waals surface area (Å²) in [5.74, 6) is 1.30. The van der Waals surface area contributed by atoms with Gasteiger partial charge in [0.15, 0.2) is 16.6 Å². The van der Waals surface area contributed by atoms with Crippen molar-refractivity contribution in [3.8, 4) is 11.5 Å². The van der Waals surface area contributed by atoms with Crippen LogP contribution >= 0.6 is 12.2 Å². The summed E-state index contributed by atoms with van der Waals surface area (Å²) in [6, 6.07) is 15.8. The molecule has 24 heavy (non-hydrogen) atoms. The number of ether oxygens (including phenoxy) is 2. The lowest BCUT2D eigenvalue weighted by Crippen LogP contribution is -2.23. The highest BCUT2D eigenvalue weighted by molar-refractivity contribution is 7.80. The third kappa shape index (κ3) is 5.55. The summed E-state index contributed by atoms with van der Waals surface area (Å²) in [5, 5.41) is 7.59. The van der Waals surface area contributed by atoms with Crippen LogP contribution < -0.4 is 20.2 Å². The number of methoxy groups -OCH3 is 2. The Bertz CT molecular complexity index is 690. The van der Waals surface area contributed by atoms with Crippen molar-refractivity contribution in [3.63, 3.8) is 0 Å². The number of hydrogen-bond acceptors (Lipinski definition) is 4. The molecule has 0 aliphatic heterocycles. The van der Waals surface area contributed by atoms with Gasteiger partial charge < -0.3 is 14.8 Å². The first kappa shape index (κ1) is 17.7. The molecule has 126 valence electrons. The molecule has 0 aliphatic rings. The van der Waals surface area contributed by atoms with Gasteiger partial charge in [-0.15, -0.1) is 0 Å². The minimum atomic E-state index is 0.415. The normalized spacial score (nSPS) is 10.4. The van der Waals surface area contributed by atoms with Crippen molar-refractivity contribution in [1.82, 2.24) is 5.43 Å². The number of anilines is 1. The third-order valence-electron chi connectivity index (χ3n) is 3.30. The number of hydrazone groups is 1. The molecular formula is C18H21N3O2S. The van der Waals surface area contributed by atoms with E-state index >= 15 is 0 Å². The molecule has 0 heterocycles. The zero-order chi connectivity index (χ0) is 17.2. The maximum absolute atomic E-state index is 5.26. The SMILES string of the molecule is COc1ccc(NC(=S)N/N=C\CCc2ccccc2)cc1OC. The summed E-state index contributed by atoms with van der Waals surface area (Å²) in [4.78, 5) is 0. The van der Waals surface area contributed by atoms with Crippen LogP contribution in [0.1, 0.15) is 12.0 Å². The molecule has 0 bridgehead atoms. The maximum Gasteiger partial charge on any atom is 0.191 e. The summed E-state index contributed by atoms with van der Waals surface area (Å²) in [5.41, 5.74) is 4.88. The fourth-order valence-electron chi connectivity index (χ4n) is 2.12.